The molecule has 1 aromatic rings. The van der Waals surface area contributed by atoms with E-state index in [0.29, 0.717) is 19.6 Å². The van der Waals surface area contributed by atoms with Gasteiger partial charge in [-0.25, -0.2) is 0 Å². The van der Waals surface area contributed by atoms with Crippen LogP contribution >= 0.6 is 0 Å². The third-order valence-corrected chi connectivity index (χ3v) is 2.61. The number of rotatable bonds is 8. The van der Waals surface area contributed by atoms with E-state index in [4.69, 9.17) is 4.74 Å². The molecule has 18 heavy (non-hydrogen) atoms. The van der Waals surface area contributed by atoms with E-state index in [1.807, 2.05) is 30.3 Å². The minimum Gasteiger partial charge on any atom is -0.466 e. The van der Waals surface area contributed by atoms with E-state index in [2.05, 4.69) is 5.32 Å². The lowest BCUT2D eigenvalue weighted by Gasteiger charge is -2.16. The van der Waals surface area contributed by atoms with E-state index < -0.39 is 0 Å². The number of aliphatic hydroxyl groups excluding tert-OH is 1. The number of ether oxygens (including phenoxy) is 1. The Morgan fingerprint density at radius 3 is 2.72 bits per heavy atom. The molecule has 0 amide bonds. The van der Waals surface area contributed by atoms with Gasteiger partial charge < -0.3 is 15.2 Å². The van der Waals surface area contributed by atoms with Gasteiger partial charge in [0.15, 0.2) is 0 Å². The Morgan fingerprint density at radius 1 is 1.39 bits per heavy atom. The molecule has 0 aliphatic rings. The zero-order valence-corrected chi connectivity index (χ0v) is 10.8. The summed E-state index contributed by atoms with van der Waals surface area (Å²) in [4.78, 5) is 11.1. The standard InChI is InChI=1S/C14H21NO3/c1-2-18-14(17)8-9-15-13(11-16)10-12-6-4-3-5-7-12/h3-7,13,15-16H,2,8-11H2,1H3. The van der Waals surface area contributed by atoms with Crippen LogP contribution in [0.4, 0.5) is 0 Å². The van der Waals surface area contributed by atoms with Gasteiger partial charge in [-0.05, 0) is 18.9 Å². The van der Waals surface area contributed by atoms with Crippen LogP contribution in [-0.4, -0.2) is 36.9 Å². The Kier molecular flexibility index (Phi) is 7.06. The molecule has 0 saturated carbocycles. The molecule has 4 nitrogen and oxygen atoms in total. The summed E-state index contributed by atoms with van der Waals surface area (Å²) in [5, 5.41) is 12.4. The predicted octanol–water partition coefficient (Wildman–Crippen LogP) is 1.13. The first-order chi connectivity index (χ1) is 8.76. The molecule has 0 aliphatic carbocycles. The molecule has 1 unspecified atom stereocenters. The summed E-state index contributed by atoms with van der Waals surface area (Å²) in [6, 6.07) is 9.93. The number of carbonyl (C=O) groups is 1. The van der Waals surface area contributed by atoms with Crippen LogP contribution in [0.5, 0.6) is 0 Å². The third-order valence-electron chi connectivity index (χ3n) is 2.61. The second-order valence-corrected chi connectivity index (χ2v) is 4.08. The number of aliphatic hydroxyl groups is 1. The smallest absolute Gasteiger partial charge is 0.307 e. The lowest BCUT2D eigenvalue weighted by Crippen LogP contribution is -2.36. The van der Waals surface area contributed by atoms with Gasteiger partial charge >= 0.3 is 5.97 Å². The highest BCUT2D eigenvalue weighted by Crippen LogP contribution is 2.02. The van der Waals surface area contributed by atoms with Crippen LogP contribution in [0.2, 0.25) is 0 Å². The Labute approximate surface area is 108 Å². The van der Waals surface area contributed by atoms with Gasteiger partial charge in [0.05, 0.1) is 19.6 Å². The van der Waals surface area contributed by atoms with Crippen LogP contribution in [0, 0.1) is 0 Å². The van der Waals surface area contributed by atoms with E-state index in [1.165, 1.54) is 5.56 Å². The van der Waals surface area contributed by atoms with Crippen molar-refractivity contribution in [2.24, 2.45) is 0 Å². The van der Waals surface area contributed by atoms with Crippen LogP contribution in [0.3, 0.4) is 0 Å². The van der Waals surface area contributed by atoms with Gasteiger partial charge in [0.25, 0.3) is 0 Å². The van der Waals surface area contributed by atoms with Crippen molar-refractivity contribution in [3.05, 3.63) is 35.9 Å². The fraction of sp³-hybridized carbons (Fsp3) is 0.500. The molecular formula is C14H21NO3. The van der Waals surface area contributed by atoms with Crippen molar-refractivity contribution < 1.29 is 14.6 Å². The number of hydrogen-bond donors (Lipinski definition) is 2. The fourth-order valence-corrected chi connectivity index (χ4v) is 1.71. The molecule has 1 rings (SSSR count). The predicted molar refractivity (Wildman–Crippen MR) is 70.3 cm³/mol. The van der Waals surface area contributed by atoms with Gasteiger partial charge in [0.1, 0.15) is 0 Å². The van der Waals surface area contributed by atoms with Gasteiger partial charge in [-0.1, -0.05) is 30.3 Å². The summed E-state index contributed by atoms with van der Waals surface area (Å²) in [6.45, 7) is 2.78. The van der Waals surface area contributed by atoms with Gasteiger partial charge in [-0.15, -0.1) is 0 Å². The molecule has 0 saturated heterocycles. The number of esters is 1. The van der Waals surface area contributed by atoms with E-state index in [-0.39, 0.29) is 18.6 Å². The maximum atomic E-state index is 11.1. The molecule has 0 aromatic heterocycles. The van der Waals surface area contributed by atoms with Gasteiger partial charge in [-0.2, -0.15) is 0 Å². The second-order valence-electron chi connectivity index (χ2n) is 4.08. The molecule has 0 bridgehead atoms. The highest BCUT2D eigenvalue weighted by atomic mass is 16.5. The summed E-state index contributed by atoms with van der Waals surface area (Å²) in [7, 11) is 0. The van der Waals surface area contributed by atoms with Crippen LogP contribution in [-0.2, 0) is 16.0 Å². The Morgan fingerprint density at radius 2 is 2.11 bits per heavy atom. The van der Waals surface area contributed by atoms with Crippen molar-refractivity contribution in [2.45, 2.75) is 25.8 Å². The van der Waals surface area contributed by atoms with Crippen molar-refractivity contribution in [1.82, 2.24) is 5.32 Å². The van der Waals surface area contributed by atoms with Gasteiger partial charge in [-0.3, -0.25) is 4.79 Å². The van der Waals surface area contributed by atoms with Crippen molar-refractivity contribution in [1.29, 1.82) is 0 Å². The zero-order valence-electron chi connectivity index (χ0n) is 10.8. The lowest BCUT2D eigenvalue weighted by molar-refractivity contribution is -0.143. The number of nitrogens with one attached hydrogen (secondary N) is 1. The molecule has 1 atom stereocenters. The van der Waals surface area contributed by atoms with Crippen LogP contribution in [0.1, 0.15) is 18.9 Å². The molecule has 0 radical (unpaired) electrons. The normalized spacial score (nSPS) is 12.1. The molecule has 0 fully saturated rings. The van der Waals surface area contributed by atoms with Crippen LogP contribution < -0.4 is 5.32 Å². The SMILES string of the molecule is CCOC(=O)CCNC(CO)Cc1ccccc1. The van der Waals surface area contributed by atoms with E-state index >= 15 is 0 Å². The average Bonchev–Trinajstić information content (AvgIpc) is 2.39. The van der Waals surface area contributed by atoms with E-state index in [0.717, 1.165) is 6.42 Å². The Bertz CT molecular complexity index is 340. The lowest BCUT2D eigenvalue weighted by atomic mass is 10.1. The van der Waals surface area contributed by atoms with Crippen molar-refractivity contribution in [3.8, 4) is 0 Å². The second kappa shape index (κ2) is 8.66. The number of benzene rings is 1. The highest BCUT2D eigenvalue weighted by molar-refractivity contribution is 5.69. The number of hydrogen-bond acceptors (Lipinski definition) is 4. The number of carbonyl (C=O) groups excluding carboxylic acids is 1. The summed E-state index contributed by atoms with van der Waals surface area (Å²) < 4.78 is 4.83. The molecule has 4 heteroatoms. The molecule has 0 heterocycles. The summed E-state index contributed by atoms with van der Waals surface area (Å²) in [5.41, 5.74) is 1.17. The molecule has 2 N–H and O–H groups in total. The average molecular weight is 251 g/mol. The highest BCUT2D eigenvalue weighted by Gasteiger charge is 2.09. The zero-order chi connectivity index (χ0) is 13.2. The summed E-state index contributed by atoms with van der Waals surface area (Å²) >= 11 is 0. The maximum absolute atomic E-state index is 11.1. The molecule has 1 aromatic carbocycles. The topological polar surface area (TPSA) is 58.6 Å². The monoisotopic (exact) mass is 251 g/mol. The maximum Gasteiger partial charge on any atom is 0.307 e. The van der Waals surface area contributed by atoms with Crippen molar-refractivity contribution in [3.63, 3.8) is 0 Å². The van der Waals surface area contributed by atoms with E-state index in [9.17, 15) is 9.90 Å². The van der Waals surface area contributed by atoms with Crippen molar-refractivity contribution >= 4 is 5.97 Å². The Balaban J connectivity index is 2.28. The van der Waals surface area contributed by atoms with Crippen LogP contribution in [0.25, 0.3) is 0 Å². The minimum absolute atomic E-state index is 0.0261. The molecule has 100 valence electrons. The van der Waals surface area contributed by atoms with Crippen LogP contribution in [0.15, 0.2) is 30.3 Å². The van der Waals surface area contributed by atoms with Crippen molar-refractivity contribution in [2.75, 3.05) is 19.8 Å². The van der Waals surface area contributed by atoms with Gasteiger partial charge in [0, 0.05) is 12.6 Å². The largest absolute Gasteiger partial charge is 0.466 e. The summed E-state index contributed by atoms with van der Waals surface area (Å²) in [5.74, 6) is -0.207. The molecule has 0 aliphatic heterocycles. The minimum atomic E-state index is -0.207. The van der Waals surface area contributed by atoms with Gasteiger partial charge in [0.2, 0.25) is 0 Å². The van der Waals surface area contributed by atoms with E-state index in [1.54, 1.807) is 6.92 Å². The molecule has 0 spiro atoms. The molecular weight excluding hydrogens is 230 g/mol. The first-order valence-corrected chi connectivity index (χ1v) is 6.30. The fourth-order valence-electron chi connectivity index (χ4n) is 1.71. The first-order valence-electron chi connectivity index (χ1n) is 6.30. The summed E-state index contributed by atoms with van der Waals surface area (Å²) in [6.07, 6.45) is 1.08. The Hall–Kier alpha value is -1.39. The first kappa shape index (κ1) is 14.7. The third kappa shape index (κ3) is 5.80. The quantitative estimate of drug-likeness (QED) is 0.680.